The summed E-state index contributed by atoms with van der Waals surface area (Å²) in [5.74, 6) is -1.73. The summed E-state index contributed by atoms with van der Waals surface area (Å²) in [5.41, 5.74) is 1.50. The van der Waals surface area contributed by atoms with Gasteiger partial charge in [-0.1, -0.05) is 44.5 Å². The van der Waals surface area contributed by atoms with Gasteiger partial charge in [0.25, 0.3) is 11.8 Å². The lowest BCUT2D eigenvalue weighted by Crippen LogP contribution is -2.49. The Balaban J connectivity index is 1.56. The van der Waals surface area contributed by atoms with Crippen molar-refractivity contribution in [3.05, 3.63) is 64.7 Å². The molecule has 0 aliphatic carbocycles. The number of benzene rings is 2. The molecule has 2 atom stereocenters. The smallest absolute Gasteiger partial charge is 0.330 e. The molecule has 0 saturated carbocycles. The van der Waals surface area contributed by atoms with Crippen LogP contribution in [0.2, 0.25) is 0 Å². The number of ether oxygens (including phenoxy) is 1. The molecule has 0 N–H and O–H groups in total. The maximum atomic E-state index is 13.0. The van der Waals surface area contributed by atoms with Crippen LogP contribution in [-0.4, -0.2) is 33.7 Å². The first-order valence-electron chi connectivity index (χ1n) is 9.49. The number of aromatic nitrogens is 1. The molecule has 0 fully saturated rings. The SMILES string of the molecule is CC[C@H](C)[C@@H](C(=O)OCc1nc2ccccc2s1)N1C(=O)c2ccccc2C1=O. The number of imide groups is 1. The summed E-state index contributed by atoms with van der Waals surface area (Å²) in [4.78, 5) is 44.2. The highest BCUT2D eigenvalue weighted by atomic mass is 32.1. The van der Waals surface area contributed by atoms with E-state index in [1.54, 1.807) is 24.3 Å². The van der Waals surface area contributed by atoms with Crippen LogP contribution in [0, 0.1) is 5.92 Å². The Morgan fingerprint density at radius 2 is 1.69 bits per heavy atom. The summed E-state index contributed by atoms with van der Waals surface area (Å²) < 4.78 is 6.52. The molecule has 0 saturated heterocycles. The van der Waals surface area contributed by atoms with Gasteiger partial charge in [0, 0.05) is 0 Å². The average molecular weight is 408 g/mol. The molecule has 2 aromatic carbocycles. The minimum Gasteiger partial charge on any atom is -0.457 e. The zero-order chi connectivity index (χ0) is 20.5. The number of carbonyl (C=O) groups excluding carboxylic acids is 3. The molecule has 1 aliphatic rings. The number of esters is 1. The highest BCUT2D eigenvalue weighted by molar-refractivity contribution is 7.18. The molecule has 2 heterocycles. The van der Waals surface area contributed by atoms with Crippen molar-refractivity contribution in [2.45, 2.75) is 32.9 Å². The lowest BCUT2D eigenvalue weighted by atomic mass is 9.97. The summed E-state index contributed by atoms with van der Waals surface area (Å²) in [6.07, 6.45) is 0.619. The third-order valence-electron chi connectivity index (χ3n) is 5.20. The largest absolute Gasteiger partial charge is 0.457 e. The quantitative estimate of drug-likeness (QED) is 0.454. The Bertz CT molecular complexity index is 1040. The lowest BCUT2D eigenvalue weighted by Gasteiger charge is -2.28. The maximum Gasteiger partial charge on any atom is 0.330 e. The Morgan fingerprint density at radius 3 is 2.31 bits per heavy atom. The predicted molar refractivity (Wildman–Crippen MR) is 110 cm³/mol. The van der Waals surface area contributed by atoms with E-state index >= 15 is 0 Å². The standard InChI is InChI=1S/C22H20N2O4S/c1-3-13(2)19(24-20(25)14-8-4-5-9-15(14)21(24)26)22(27)28-12-18-23-16-10-6-7-11-17(16)29-18/h4-11,13,19H,3,12H2,1-2H3/t13-,19-/m0/s1. The zero-order valence-corrected chi connectivity index (χ0v) is 16.9. The van der Waals surface area contributed by atoms with E-state index < -0.39 is 23.8 Å². The molecule has 3 aromatic rings. The molecule has 4 rings (SSSR count). The molecular formula is C22H20N2O4S. The minimum absolute atomic E-state index is 0.00822. The second kappa shape index (κ2) is 7.75. The second-order valence-corrected chi connectivity index (χ2v) is 8.15. The van der Waals surface area contributed by atoms with Crippen LogP contribution in [0.5, 0.6) is 0 Å². The fraction of sp³-hybridized carbons (Fsp3) is 0.273. The number of nitrogens with zero attached hydrogens (tertiary/aromatic N) is 2. The lowest BCUT2D eigenvalue weighted by molar-refractivity contribution is -0.151. The molecule has 148 valence electrons. The van der Waals surface area contributed by atoms with E-state index in [1.165, 1.54) is 11.3 Å². The number of hydrogen-bond donors (Lipinski definition) is 0. The van der Waals surface area contributed by atoms with E-state index in [4.69, 9.17) is 4.74 Å². The minimum atomic E-state index is -0.971. The number of thiazole rings is 1. The van der Waals surface area contributed by atoms with Crippen LogP contribution in [-0.2, 0) is 16.1 Å². The number of fused-ring (bicyclic) bond motifs is 2. The van der Waals surface area contributed by atoms with E-state index in [0.29, 0.717) is 22.6 Å². The van der Waals surface area contributed by atoms with Crippen molar-refractivity contribution in [3.63, 3.8) is 0 Å². The van der Waals surface area contributed by atoms with E-state index in [9.17, 15) is 14.4 Å². The van der Waals surface area contributed by atoms with Crippen LogP contribution in [0.15, 0.2) is 48.5 Å². The fourth-order valence-corrected chi connectivity index (χ4v) is 4.36. The van der Waals surface area contributed by atoms with Crippen molar-refractivity contribution in [1.29, 1.82) is 0 Å². The molecule has 1 aromatic heterocycles. The fourth-order valence-electron chi connectivity index (χ4n) is 3.48. The summed E-state index contributed by atoms with van der Waals surface area (Å²) in [7, 11) is 0. The van der Waals surface area contributed by atoms with Gasteiger partial charge in [-0.25, -0.2) is 9.78 Å². The highest BCUT2D eigenvalue weighted by Crippen LogP contribution is 2.29. The Labute approximate surface area is 172 Å². The maximum absolute atomic E-state index is 13.0. The summed E-state index contributed by atoms with van der Waals surface area (Å²) in [6, 6.07) is 13.3. The number of rotatable bonds is 6. The predicted octanol–water partition coefficient (Wildman–Crippen LogP) is 4.05. The molecule has 0 bridgehead atoms. The van der Waals surface area contributed by atoms with Gasteiger partial charge in [0.15, 0.2) is 0 Å². The van der Waals surface area contributed by atoms with E-state index in [-0.39, 0.29) is 12.5 Å². The number of hydrogen-bond acceptors (Lipinski definition) is 6. The van der Waals surface area contributed by atoms with Gasteiger partial charge in [-0.05, 0) is 30.2 Å². The normalized spacial score (nSPS) is 15.4. The molecule has 0 unspecified atom stereocenters. The molecule has 0 radical (unpaired) electrons. The van der Waals surface area contributed by atoms with Crippen molar-refractivity contribution in [3.8, 4) is 0 Å². The van der Waals surface area contributed by atoms with Crippen LogP contribution >= 0.6 is 11.3 Å². The second-order valence-electron chi connectivity index (χ2n) is 7.04. The van der Waals surface area contributed by atoms with Gasteiger partial charge in [-0.3, -0.25) is 14.5 Å². The van der Waals surface area contributed by atoms with E-state index in [1.807, 2.05) is 38.1 Å². The summed E-state index contributed by atoms with van der Waals surface area (Å²) >= 11 is 1.45. The summed E-state index contributed by atoms with van der Waals surface area (Å²) in [6.45, 7) is 3.76. The van der Waals surface area contributed by atoms with Crippen LogP contribution < -0.4 is 0 Å². The molecule has 0 spiro atoms. The Kier molecular flexibility index (Phi) is 5.15. The average Bonchev–Trinajstić information content (AvgIpc) is 3.27. The van der Waals surface area contributed by atoms with Crippen molar-refractivity contribution in [2.24, 2.45) is 5.92 Å². The van der Waals surface area contributed by atoms with Crippen molar-refractivity contribution >= 4 is 39.3 Å². The van der Waals surface area contributed by atoms with Crippen LogP contribution in [0.3, 0.4) is 0 Å². The zero-order valence-electron chi connectivity index (χ0n) is 16.1. The van der Waals surface area contributed by atoms with Crippen molar-refractivity contribution in [2.75, 3.05) is 0 Å². The number of para-hydroxylation sites is 1. The van der Waals surface area contributed by atoms with Gasteiger partial charge in [0.1, 0.15) is 17.7 Å². The first-order chi connectivity index (χ1) is 14.0. The van der Waals surface area contributed by atoms with Gasteiger partial charge in [0.05, 0.1) is 21.3 Å². The van der Waals surface area contributed by atoms with Crippen molar-refractivity contribution in [1.82, 2.24) is 9.88 Å². The van der Waals surface area contributed by atoms with E-state index in [2.05, 4.69) is 4.98 Å². The Morgan fingerprint density at radius 1 is 1.07 bits per heavy atom. The monoisotopic (exact) mass is 408 g/mol. The first kappa shape index (κ1) is 19.3. The number of amides is 2. The Hall–Kier alpha value is -3.06. The van der Waals surface area contributed by atoms with Crippen LogP contribution in [0.4, 0.5) is 0 Å². The third-order valence-corrected chi connectivity index (χ3v) is 6.21. The van der Waals surface area contributed by atoms with Gasteiger partial charge in [-0.15, -0.1) is 11.3 Å². The molecule has 2 amide bonds. The topological polar surface area (TPSA) is 76.6 Å². The number of carbonyl (C=O) groups is 3. The van der Waals surface area contributed by atoms with Gasteiger partial charge >= 0.3 is 5.97 Å². The molecule has 1 aliphatic heterocycles. The van der Waals surface area contributed by atoms with Crippen LogP contribution in [0.25, 0.3) is 10.2 Å². The molecule has 7 heteroatoms. The van der Waals surface area contributed by atoms with Crippen LogP contribution in [0.1, 0.15) is 46.0 Å². The van der Waals surface area contributed by atoms with Gasteiger partial charge < -0.3 is 4.74 Å². The highest BCUT2D eigenvalue weighted by Gasteiger charge is 2.45. The molecule has 29 heavy (non-hydrogen) atoms. The third kappa shape index (κ3) is 3.42. The van der Waals surface area contributed by atoms with E-state index in [0.717, 1.165) is 15.1 Å². The summed E-state index contributed by atoms with van der Waals surface area (Å²) in [5, 5.41) is 0.671. The van der Waals surface area contributed by atoms with Gasteiger partial charge in [-0.2, -0.15) is 0 Å². The first-order valence-corrected chi connectivity index (χ1v) is 10.3. The molecule has 6 nitrogen and oxygen atoms in total. The van der Waals surface area contributed by atoms with Crippen molar-refractivity contribution < 1.29 is 19.1 Å². The van der Waals surface area contributed by atoms with Gasteiger partial charge in [0.2, 0.25) is 0 Å². The molecular weight excluding hydrogens is 388 g/mol.